The smallest absolute Gasteiger partial charge is 0.250 e. The van der Waals surface area contributed by atoms with Crippen molar-refractivity contribution in [2.75, 3.05) is 67.8 Å². The molecule has 0 aromatic carbocycles. The zero-order valence-corrected chi connectivity index (χ0v) is 14.4. The Kier molecular flexibility index (Phi) is 5.22. The molecule has 2 saturated heterocycles. The Morgan fingerprint density at radius 3 is 2.08 bits per heavy atom. The zero-order valence-electron chi connectivity index (χ0n) is 14.4. The van der Waals surface area contributed by atoms with Gasteiger partial charge in [0.15, 0.2) is 0 Å². The number of hydrazone groups is 1. The number of anilines is 3. The van der Waals surface area contributed by atoms with Crippen molar-refractivity contribution in [3.8, 4) is 0 Å². The monoisotopic (exact) mass is 359 g/mol. The summed E-state index contributed by atoms with van der Waals surface area (Å²) < 4.78 is 16.1. The highest BCUT2D eigenvalue weighted by molar-refractivity contribution is 5.76. The van der Waals surface area contributed by atoms with Gasteiger partial charge in [-0.2, -0.15) is 20.1 Å². The molecule has 4 rings (SSSR count). The van der Waals surface area contributed by atoms with Gasteiger partial charge in [0.05, 0.1) is 38.9 Å². The SMILES string of the molecule is C(=N/Nc1nc(N2CCOCC2)nc(N2CCOCC2)n1)/c1ccco1. The molecule has 0 unspecified atom stereocenters. The quantitative estimate of drug-likeness (QED) is 0.607. The summed E-state index contributed by atoms with van der Waals surface area (Å²) in [5, 5.41) is 4.15. The second-order valence-electron chi connectivity index (χ2n) is 5.84. The normalized spacial score (nSPS) is 18.5. The van der Waals surface area contributed by atoms with Crippen LogP contribution < -0.4 is 15.2 Å². The predicted molar refractivity (Wildman–Crippen MR) is 95.8 cm³/mol. The van der Waals surface area contributed by atoms with Crippen LogP contribution in [0, 0.1) is 0 Å². The van der Waals surface area contributed by atoms with Crippen LogP contribution in [0.15, 0.2) is 27.9 Å². The molecule has 0 atom stereocenters. The van der Waals surface area contributed by atoms with E-state index in [2.05, 4.69) is 35.3 Å². The lowest BCUT2D eigenvalue weighted by atomic mass is 10.4. The third-order valence-electron chi connectivity index (χ3n) is 4.10. The molecule has 26 heavy (non-hydrogen) atoms. The topological polar surface area (TPSA) is 101 Å². The lowest BCUT2D eigenvalue weighted by Crippen LogP contribution is -2.40. The maximum Gasteiger partial charge on any atom is 0.250 e. The Balaban J connectivity index is 1.56. The lowest BCUT2D eigenvalue weighted by molar-refractivity contribution is 0.121. The van der Waals surface area contributed by atoms with Crippen molar-refractivity contribution >= 4 is 24.1 Å². The second kappa shape index (κ2) is 8.11. The third kappa shape index (κ3) is 4.09. The van der Waals surface area contributed by atoms with Crippen LogP contribution in [-0.4, -0.2) is 73.8 Å². The van der Waals surface area contributed by atoms with Gasteiger partial charge in [0.1, 0.15) is 5.76 Å². The fraction of sp³-hybridized carbons (Fsp3) is 0.500. The van der Waals surface area contributed by atoms with Crippen LogP contribution in [0.4, 0.5) is 17.8 Å². The van der Waals surface area contributed by atoms with Gasteiger partial charge in [-0.15, -0.1) is 0 Å². The first-order chi connectivity index (χ1) is 12.9. The summed E-state index contributed by atoms with van der Waals surface area (Å²) in [6.07, 6.45) is 3.17. The Bertz CT molecular complexity index is 689. The lowest BCUT2D eigenvalue weighted by Gasteiger charge is -2.30. The van der Waals surface area contributed by atoms with Crippen LogP contribution in [0.5, 0.6) is 0 Å². The van der Waals surface area contributed by atoms with Crippen LogP contribution in [0.3, 0.4) is 0 Å². The van der Waals surface area contributed by atoms with Gasteiger partial charge in [0, 0.05) is 26.2 Å². The maximum absolute atomic E-state index is 5.41. The van der Waals surface area contributed by atoms with E-state index in [1.54, 1.807) is 18.5 Å². The van der Waals surface area contributed by atoms with E-state index in [0.717, 1.165) is 26.2 Å². The van der Waals surface area contributed by atoms with Crippen LogP contribution >= 0.6 is 0 Å². The summed E-state index contributed by atoms with van der Waals surface area (Å²) >= 11 is 0. The number of aromatic nitrogens is 3. The van der Waals surface area contributed by atoms with E-state index in [-0.39, 0.29) is 0 Å². The van der Waals surface area contributed by atoms with E-state index >= 15 is 0 Å². The highest BCUT2D eigenvalue weighted by Gasteiger charge is 2.20. The van der Waals surface area contributed by atoms with Crippen LogP contribution in [0.2, 0.25) is 0 Å². The fourth-order valence-electron chi connectivity index (χ4n) is 2.73. The standard InChI is InChI=1S/C16H21N7O3/c1-2-13(26-7-1)12-17-21-14-18-15(22-3-8-24-9-4-22)20-16(19-14)23-5-10-25-11-6-23/h1-2,7,12H,3-6,8-11H2,(H,18,19,20,21)/b17-12-. The van der Waals surface area contributed by atoms with Crippen molar-refractivity contribution in [2.45, 2.75) is 0 Å². The summed E-state index contributed by atoms with van der Waals surface area (Å²) in [6.45, 7) is 5.67. The molecule has 0 spiro atoms. The van der Waals surface area contributed by atoms with E-state index in [4.69, 9.17) is 13.9 Å². The van der Waals surface area contributed by atoms with Crippen LogP contribution in [0.1, 0.15) is 5.76 Å². The Hall–Kier alpha value is -2.72. The first kappa shape index (κ1) is 16.7. The van der Waals surface area contributed by atoms with Crippen LogP contribution in [0.25, 0.3) is 0 Å². The van der Waals surface area contributed by atoms with Gasteiger partial charge in [-0.05, 0) is 12.1 Å². The van der Waals surface area contributed by atoms with Gasteiger partial charge in [-0.3, -0.25) is 0 Å². The first-order valence-electron chi connectivity index (χ1n) is 8.62. The largest absolute Gasteiger partial charge is 0.463 e. The van der Waals surface area contributed by atoms with E-state index in [1.807, 2.05) is 6.07 Å². The summed E-state index contributed by atoms with van der Waals surface area (Å²) in [5.74, 6) is 2.29. The van der Waals surface area contributed by atoms with E-state index in [0.29, 0.717) is 50.0 Å². The molecule has 10 heteroatoms. The highest BCUT2D eigenvalue weighted by atomic mass is 16.5. The molecule has 2 aliphatic rings. The van der Waals surface area contributed by atoms with E-state index in [9.17, 15) is 0 Å². The number of ether oxygens (including phenoxy) is 2. The molecule has 0 radical (unpaired) electrons. The number of hydrogen-bond donors (Lipinski definition) is 1. The average Bonchev–Trinajstić information content (AvgIpc) is 3.23. The van der Waals surface area contributed by atoms with Crippen molar-refractivity contribution in [3.63, 3.8) is 0 Å². The van der Waals surface area contributed by atoms with Gasteiger partial charge in [0.2, 0.25) is 17.8 Å². The van der Waals surface area contributed by atoms with Crippen molar-refractivity contribution in [2.24, 2.45) is 5.10 Å². The fourth-order valence-corrected chi connectivity index (χ4v) is 2.73. The van der Waals surface area contributed by atoms with E-state index < -0.39 is 0 Å². The summed E-state index contributed by atoms with van der Waals surface area (Å²) in [7, 11) is 0. The summed E-state index contributed by atoms with van der Waals surface area (Å²) in [4.78, 5) is 17.8. The van der Waals surface area contributed by atoms with Crippen molar-refractivity contribution in [1.82, 2.24) is 15.0 Å². The summed E-state index contributed by atoms with van der Waals surface area (Å²) in [6, 6.07) is 3.62. The van der Waals surface area contributed by atoms with E-state index in [1.165, 1.54) is 0 Å². The molecule has 2 fully saturated rings. The minimum atomic E-state index is 0.394. The third-order valence-corrected chi connectivity index (χ3v) is 4.10. The highest BCUT2D eigenvalue weighted by Crippen LogP contribution is 2.18. The minimum Gasteiger partial charge on any atom is -0.463 e. The van der Waals surface area contributed by atoms with Crippen molar-refractivity contribution < 1.29 is 13.9 Å². The van der Waals surface area contributed by atoms with Crippen molar-refractivity contribution in [3.05, 3.63) is 24.2 Å². The molecular weight excluding hydrogens is 338 g/mol. The molecule has 2 aromatic rings. The molecule has 10 nitrogen and oxygen atoms in total. The number of hydrogen-bond acceptors (Lipinski definition) is 10. The van der Waals surface area contributed by atoms with Gasteiger partial charge < -0.3 is 23.7 Å². The predicted octanol–water partition coefficient (Wildman–Crippen LogP) is 0.584. The first-order valence-corrected chi connectivity index (χ1v) is 8.62. The van der Waals surface area contributed by atoms with Gasteiger partial charge in [-0.1, -0.05) is 0 Å². The number of morpholine rings is 2. The van der Waals surface area contributed by atoms with Gasteiger partial charge in [0.25, 0.3) is 0 Å². The molecule has 4 heterocycles. The molecule has 0 amide bonds. The molecule has 0 aliphatic carbocycles. The second-order valence-corrected chi connectivity index (χ2v) is 5.84. The molecule has 1 N–H and O–H groups in total. The van der Waals surface area contributed by atoms with Gasteiger partial charge in [-0.25, -0.2) is 5.43 Å². The van der Waals surface area contributed by atoms with Crippen molar-refractivity contribution in [1.29, 1.82) is 0 Å². The molecule has 138 valence electrons. The number of rotatable bonds is 5. The molecule has 0 bridgehead atoms. The number of furan rings is 1. The Morgan fingerprint density at radius 2 is 1.54 bits per heavy atom. The summed E-state index contributed by atoms with van der Waals surface area (Å²) in [5.41, 5.74) is 2.87. The average molecular weight is 359 g/mol. The minimum absolute atomic E-state index is 0.394. The van der Waals surface area contributed by atoms with Gasteiger partial charge >= 0.3 is 0 Å². The van der Waals surface area contributed by atoms with Crippen LogP contribution in [-0.2, 0) is 9.47 Å². The molecular formula is C16H21N7O3. The molecule has 2 aromatic heterocycles. The number of nitrogens with zero attached hydrogens (tertiary/aromatic N) is 6. The maximum atomic E-state index is 5.41. The molecule has 2 aliphatic heterocycles. The number of nitrogens with one attached hydrogen (secondary N) is 1. The Morgan fingerprint density at radius 1 is 0.923 bits per heavy atom. The molecule has 0 saturated carbocycles. The zero-order chi connectivity index (χ0) is 17.6. The Labute approximate surface area is 150 Å².